The summed E-state index contributed by atoms with van der Waals surface area (Å²) < 4.78 is 0. The molecule has 3 nitrogen and oxygen atoms in total. The first kappa shape index (κ1) is 8.97. The third-order valence-corrected chi connectivity index (χ3v) is 2.12. The lowest BCUT2D eigenvalue weighted by Gasteiger charge is -2.09. The highest BCUT2D eigenvalue weighted by molar-refractivity contribution is 4.80. The van der Waals surface area contributed by atoms with Crippen LogP contribution in [-0.4, -0.2) is 37.4 Å². The van der Waals surface area contributed by atoms with Crippen molar-refractivity contribution in [2.75, 3.05) is 26.2 Å². The van der Waals surface area contributed by atoms with Crippen LogP contribution in [0.3, 0.4) is 0 Å². The fourth-order valence-corrected chi connectivity index (χ4v) is 1.53. The number of aliphatic hydroxyl groups excluding tert-OH is 1. The minimum absolute atomic E-state index is 0.238. The Hall–Kier alpha value is -0.120. The van der Waals surface area contributed by atoms with Crippen LogP contribution in [0, 0.1) is 5.92 Å². The molecule has 3 heteroatoms. The molecule has 0 radical (unpaired) electrons. The summed E-state index contributed by atoms with van der Waals surface area (Å²) in [7, 11) is 0. The van der Waals surface area contributed by atoms with E-state index in [1.165, 1.54) is 6.42 Å². The molecule has 66 valence electrons. The molecule has 0 saturated carbocycles. The monoisotopic (exact) mass is 158 g/mol. The van der Waals surface area contributed by atoms with Crippen molar-refractivity contribution in [1.29, 1.82) is 0 Å². The van der Waals surface area contributed by atoms with Crippen LogP contribution >= 0.6 is 0 Å². The van der Waals surface area contributed by atoms with Gasteiger partial charge in [-0.15, -0.1) is 0 Å². The number of aliphatic hydroxyl groups is 1. The summed E-state index contributed by atoms with van der Waals surface area (Å²) in [5.41, 5.74) is 0. The Labute approximate surface area is 68.2 Å². The molecular weight excluding hydrogens is 140 g/mol. The molecule has 0 aliphatic carbocycles. The SMILES string of the molecule is CC1CNC(CNCCO)C1. The highest BCUT2D eigenvalue weighted by Crippen LogP contribution is 2.11. The number of rotatable bonds is 4. The van der Waals surface area contributed by atoms with Gasteiger partial charge >= 0.3 is 0 Å². The van der Waals surface area contributed by atoms with Gasteiger partial charge in [-0.05, 0) is 18.9 Å². The second-order valence-corrected chi connectivity index (χ2v) is 3.37. The lowest BCUT2D eigenvalue weighted by atomic mass is 10.1. The van der Waals surface area contributed by atoms with Crippen molar-refractivity contribution in [3.05, 3.63) is 0 Å². The highest BCUT2D eigenvalue weighted by atomic mass is 16.3. The molecule has 1 fully saturated rings. The Balaban J connectivity index is 1.99. The van der Waals surface area contributed by atoms with E-state index in [0.29, 0.717) is 12.6 Å². The van der Waals surface area contributed by atoms with Crippen LogP contribution in [0.2, 0.25) is 0 Å². The van der Waals surface area contributed by atoms with E-state index in [9.17, 15) is 0 Å². The zero-order chi connectivity index (χ0) is 8.10. The summed E-state index contributed by atoms with van der Waals surface area (Å²) in [4.78, 5) is 0. The summed E-state index contributed by atoms with van der Waals surface area (Å²) in [6.45, 7) is 5.35. The molecule has 0 aromatic heterocycles. The molecule has 0 aromatic rings. The quantitative estimate of drug-likeness (QED) is 0.486. The van der Waals surface area contributed by atoms with Gasteiger partial charge in [-0.3, -0.25) is 0 Å². The van der Waals surface area contributed by atoms with E-state index in [1.54, 1.807) is 0 Å². The van der Waals surface area contributed by atoms with Gasteiger partial charge in [-0.25, -0.2) is 0 Å². The van der Waals surface area contributed by atoms with Gasteiger partial charge < -0.3 is 15.7 Å². The van der Waals surface area contributed by atoms with Gasteiger partial charge in [0.25, 0.3) is 0 Å². The van der Waals surface area contributed by atoms with E-state index >= 15 is 0 Å². The molecule has 3 N–H and O–H groups in total. The maximum atomic E-state index is 8.51. The normalized spacial score (nSPS) is 31.1. The maximum Gasteiger partial charge on any atom is 0.0555 e. The van der Waals surface area contributed by atoms with E-state index in [-0.39, 0.29) is 6.61 Å². The molecule has 0 bridgehead atoms. The van der Waals surface area contributed by atoms with Crippen molar-refractivity contribution < 1.29 is 5.11 Å². The van der Waals surface area contributed by atoms with E-state index < -0.39 is 0 Å². The first-order valence-electron chi connectivity index (χ1n) is 4.38. The highest BCUT2D eigenvalue weighted by Gasteiger charge is 2.19. The van der Waals surface area contributed by atoms with Crippen molar-refractivity contribution >= 4 is 0 Å². The molecule has 1 rings (SSSR count). The Morgan fingerprint density at radius 3 is 3.00 bits per heavy atom. The van der Waals surface area contributed by atoms with Crippen LogP contribution in [0.4, 0.5) is 0 Å². The third-order valence-electron chi connectivity index (χ3n) is 2.12. The van der Waals surface area contributed by atoms with Crippen LogP contribution < -0.4 is 10.6 Å². The largest absolute Gasteiger partial charge is 0.395 e. The topological polar surface area (TPSA) is 44.3 Å². The number of hydrogen-bond acceptors (Lipinski definition) is 3. The van der Waals surface area contributed by atoms with Crippen molar-refractivity contribution in [2.45, 2.75) is 19.4 Å². The molecule has 1 heterocycles. The predicted molar refractivity (Wildman–Crippen MR) is 45.5 cm³/mol. The Morgan fingerprint density at radius 2 is 2.45 bits per heavy atom. The minimum Gasteiger partial charge on any atom is -0.395 e. The summed E-state index contributed by atoms with van der Waals surface area (Å²) in [5, 5.41) is 15.1. The van der Waals surface area contributed by atoms with Crippen LogP contribution in [-0.2, 0) is 0 Å². The Morgan fingerprint density at radius 1 is 1.64 bits per heavy atom. The van der Waals surface area contributed by atoms with E-state index in [4.69, 9.17) is 5.11 Å². The first-order valence-corrected chi connectivity index (χ1v) is 4.38. The van der Waals surface area contributed by atoms with E-state index in [0.717, 1.165) is 19.0 Å². The second kappa shape index (κ2) is 4.70. The number of nitrogens with one attached hydrogen (secondary N) is 2. The zero-order valence-corrected chi connectivity index (χ0v) is 7.14. The van der Waals surface area contributed by atoms with Gasteiger partial charge in [0.2, 0.25) is 0 Å². The van der Waals surface area contributed by atoms with Gasteiger partial charge in [0.05, 0.1) is 6.61 Å². The molecule has 1 saturated heterocycles. The van der Waals surface area contributed by atoms with Gasteiger partial charge in [-0.1, -0.05) is 6.92 Å². The van der Waals surface area contributed by atoms with Crippen LogP contribution in [0.5, 0.6) is 0 Å². The van der Waals surface area contributed by atoms with Gasteiger partial charge in [0, 0.05) is 19.1 Å². The maximum absolute atomic E-state index is 8.51. The minimum atomic E-state index is 0.238. The fourth-order valence-electron chi connectivity index (χ4n) is 1.53. The standard InChI is InChI=1S/C8H18N2O/c1-7-4-8(10-5-7)6-9-2-3-11/h7-11H,2-6H2,1H3. The van der Waals surface area contributed by atoms with Gasteiger partial charge in [0.15, 0.2) is 0 Å². The first-order chi connectivity index (χ1) is 5.33. The van der Waals surface area contributed by atoms with Gasteiger partial charge in [0.1, 0.15) is 0 Å². The van der Waals surface area contributed by atoms with Crippen molar-refractivity contribution in [3.63, 3.8) is 0 Å². The van der Waals surface area contributed by atoms with Crippen molar-refractivity contribution in [1.82, 2.24) is 10.6 Å². The molecule has 11 heavy (non-hydrogen) atoms. The summed E-state index contributed by atoms with van der Waals surface area (Å²) >= 11 is 0. The molecule has 2 atom stereocenters. The van der Waals surface area contributed by atoms with Crippen LogP contribution in [0.15, 0.2) is 0 Å². The van der Waals surface area contributed by atoms with Crippen LogP contribution in [0.1, 0.15) is 13.3 Å². The van der Waals surface area contributed by atoms with E-state index in [1.807, 2.05) is 0 Å². The molecule has 1 aliphatic heterocycles. The number of hydrogen-bond donors (Lipinski definition) is 3. The summed E-state index contributed by atoms with van der Waals surface area (Å²) in [6.07, 6.45) is 1.26. The molecular formula is C8H18N2O. The third kappa shape index (κ3) is 3.18. The average Bonchev–Trinajstić information content (AvgIpc) is 2.37. The van der Waals surface area contributed by atoms with Crippen molar-refractivity contribution in [2.24, 2.45) is 5.92 Å². The van der Waals surface area contributed by atoms with Crippen molar-refractivity contribution in [3.8, 4) is 0 Å². The summed E-state index contributed by atoms with van der Waals surface area (Å²) in [5.74, 6) is 0.816. The van der Waals surface area contributed by atoms with E-state index in [2.05, 4.69) is 17.6 Å². The molecule has 0 amide bonds. The lowest BCUT2D eigenvalue weighted by Crippen LogP contribution is -2.35. The smallest absolute Gasteiger partial charge is 0.0555 e. The fraction of sp³-hybridized carbons (Fsp3) is 1.00. The molecule has 2 unspecified atom stereocenters. The zero-order valence-electron chi connectivity index (χ0n) is 7.14. The van der Waals surface area contributed by atoms with Crippen LogP contribution in [0.25, 0.3) is 0 Å². The Bertz CT molecular complexity index is 108. The molecule has 0 spiro atoms. The molecule has 0 aromatic carbocycles. The average molecular weight is 158 g/mol. The molecule has 1 aliphatic rings. The van der Waals surface area contributed by atoms with Gasteiger partial charge in [-0.2, -0.15) is 0 Å². The Kier molecular flexibility index (Phi) is 3.83. The predicted octanol–water partition coefficient (Wildman–Crippen LogP) is -0.434. The summed E-state index contributed by atoms with van der Waals surface area (Å²) in [6, 6.07) is 0.622. The second-order valence-electron chi connectivity index (χ2n) is 3.37. The lowest BCUT2D eigenvalue weighted by molar-refractivity contribution is 0.290.